The normalized spacial score (nSPS) is 19.3. The molecule has 1 saturated carbocycles. The summed E-state index contributed by atoms with van der Waals surface area (Å²) in [6, 6.07) is 0. The fourth-order valence-corrected chi connectivity index (χ4v) is 1.40. The Balaban J connectivity index is 1.98. The van der Waals surface area contributed by atoms with E-state index in [2.05, 4.69) is 23.8 Å². The molecule has 1 heterocycles. The van der Waals surface area contributed by atoms with E-state index >= 15 is 0 Å². The van der Waals surface area contributed by atoms with Gasteiger partial charge < -0.3 is 9.72 Å². The molecule has 1 aliphatic rings. The lowest BCUT2D eigenvalue weighted by Crippen LogP contribution is -2.17. The number of imidazole rings is 1. The molecule has 0 aromatic carbocycles. The molecular weight excluding hydrogens is 164 g/mol. The van der Waals surface area contributed by atoms with Gasteiger partial charge in [-0.15, -0.1) is 0 Å². The first-order chi connectivity index (χ1) is 6.23. The molecule has 0 spiro atoms. The predicted octanol–water partition coefficient (Wildman–Crippen LogP) is 2.07. The molecular formula is C10H16N2O. The molecule has 0 radical (unpaired) electrons. The van der Waals surface area contributed by atoms with Crippen molar-refractivity contribution in [2.45, 2.75) is 32.3 Å². The third-order valence-electron chi connectivity index (χ3n) is 2.33. The molecule has 0 saturated heterocycles. The van der Waals surface area contributed by atoms with Gasteiger partial charge in [-0.1, -0.05) is 13.8 Å². The van der Waals surface area contributed by atoms with Crippen molar-refractivity contribution in [3.8, 4) is 0 Å². The van der Waals surface area contributed by atoms with Crippen LogP contribution in [0.3, 0.4) is 0 Å². The summed E-state index contributed by atoms with van der Waals surface area (Å²) in [5.74, 6) is 1.58. The van der Waals surface area contributed by atoms with Crippen molar-refractivity contribution < 1.29 is 4.74 Å². The van der Waals surface area contributed by atoms with Crippen LogP contribution >= 0.6 is 0 Å². The third kappa shape index (κ3) is 1.75. The average Bonchev–Trinajstić information content (AvgIpc) is 2.68. The molecule has 2 rings (SSSR count). The molecule has 0 atom stereocenters. The second-order valence-corrected chi connectivity index (χ2v) is 4.14. The summed E-state index contributed by atoms with van der Waals surface area (Å²) >= 11 is 0. The van der Waals surface area contributed by atoms with Crippen LogP contribution in [0.2, 0.25) is 0 Å². The Morgan fingerprint density at radius 2 is 2.38 bits per heavy atom. The number of nitrogens with one attached hydrogen (secondary N) is 1. The van der Waals surface area contributed by atoms with Crippen LogP contribution in [-0.4, -0.2) is 16.6 Å². The highest BCUT2D eigenvalue weighted by atomic mass is 16.5. The monoisotopic (exact) mass is 180 g/mol. The van der Waals surface area contributed by atoms with Crippen LogP contribution in [-0.2, 0) is 10.3 Å². The van der Waals surface area contributed by atoms with Crippen molar-refractivity contribution in [2.75, 3.05) is 6.61 Å². The standard InChI is InChI=1S/C10H16N2O/c1-8(2)7-13-10(3-4-10)9-11-5-6-12-9/h5-6,8H,3-4,7H2,1-2H3,(H,11,12). The summed E-state index contributed by atoms with van der Waals surface area (Å²) in [5.41, 5.74) is -0.0617. The second-order valence-electron chi connectivity index (χ2n) is 4.14. The van der Waals surface area contributed by atoms with Crippen molar-refractivity contribution in [2.24, 2.45) is 5.92 Å². The Bertz CT molecular complexity index is 262. The van der Waals surface area contributed by atoms with E-state index in [-0.39, 0.29) is 5.60 Å². The SMILES string of the molecule is CC(C)COC1(c2ncc[nH]2)CC1. The molecule has 3 heteroatoms. The first-order valence-corrected chi connectivity index (χ1v) is 4.87. The molecule has 72 valence electrons. The average molecular weight is 180 g/mol. The number of hydrogen-bond acceptors (Lipinski definition) is 2. The van der Waals surface area contributed by atoms with E-state index in [0.29, 0.717) is 5.92 Å². The largest absolute Gasteiger partial charge is 0.367 e. The zero-order chi connectivity index (χ0) is 9.31. The van der Waals surface area contributed by atoms with Gasteiger partial charge >= 0.3 is 0 Å². The maximum absolute atomic E-state index is 5.85. The Kier molecular flexibility index (Phi) is 2.12. The smallest absolute Gasteiger partial charge is 0.138 e. The first-order valence-electron chi connectivity index (χ1n) is 4.87. The first kappa shape index (κ1) is 8.75. The lowest BCUT2D eigenvalue weighted by atomic mass is 10.2. The lowest BCUT2D eigenvalue weighted by Gasteiger charge is -2.15. The van der Waals surface area contributed by atoms with E-state index in [1.54, 1.807) is 6.20 Å². The number of aromatic nitrogens is 2. The fourth-order valence-electron chi connectivity index (χ4n) is 1.40. The predicted molar refractivity (Wildman–Crippen MR) is 50.3 cm³/mol. The fraction of sp³-hybridized carbons (Fsp3) is 0.700. The van der Waals surface area contributed by atoms with Crippen molar-refractivity contribution >= 4 is 0 Å². The molecule has 1 N–H and O–H groups in total. The maximum Gasteiger partial charge on any atom is 0.138 e. The van der Waals surface area contributed by atoms with E-state index in [9.17, 15) is 0 Å². The van der Waals surface area contributed by atoms with Crippen LogP contribution in [0, 0.1) is 5.92 Å². The minimum absolute atomic E-state index is 0.0617. The summed E-state index contributed by atoms with van der Waals surface area (Å²) in [6.07, 6.45) is 5.85. The van der Waals surface area contributed by atoms with Crippen LogP contribution in [0.1, 0.15) is 32.5 Å². The highest BCUT2D eigenvalue weighted by Crippen LogP contribution is 2.47. The van der Waals surface area contributed by atoms with Gasteiger partial charge in [-0.25, -0.2) is 4.98 Å². The molecule has 1 aliphatic carbocycles. The maximum atomic E-state index is 5.85. The number of ether oxygens (including phenoxy) is 1. The summed E-state index contributed by atoms with van der Waals surface area (Å²) in [7, 11) is 0. The van der Waals surface area contributed by atoms with Crippen LogP contribution in [0.25, 0.3) is 0 Å². The van der Waals surface area contributed by atoms with Crippen molar-refractivity contribution in [1.82, 2.24) is 9.97 Å². The lowest BCUT2D eigenvalue weighted by molar-refractivity contribution is 0.00841. The molecule has 13 heavy (non-hydrogen) atoms. The Hall–Kier alpha value is -0.830. The van der Waals surface area contributed by atoms with Gasteiger partial charge in [-0.2, -0.15) is 0 Å². The molecule has 1 aromatic rings. The summed E-state index contributed by atoms with van der Waals surface area (Å²) < 4.78 is 5.85. The molecule has 0 aliphatic heterocycles. The van der Waals surface area contributed by atoms with Crippen LogP contribution in [0.5, 0.6) is 0 Å². The number of aromatic amines is 1. The van der Waals surface area contributed by atoms with Gasteiger partial charge in [-0.05, 0) is 18.8 Å². The minimum Gasteiger partial charge on any atom is -0.367 e. The van der Waals surface area contributed by atoms with E-state index in [1.165, 1.54) is 0 Å². The number of H-pyrrole nitrogens is 1. The molecule has 0 bridgehead atoms. The topological polar surface area (TPSA) is 37.9 Å². The van der Waals surface area contributed by atoms with E-state index in [0.717, 1.165) is 25.3 Å². The highest BCUT2D eigenvalue weighted by Gasteiger charge is 2.48. The quantitative estimate of drug-likeness (QED) is 0.770. The van der Waals surface area contributed by atoms with Gasteiger partial charge in [0, 0.05) is 12.4 Å². The van der Waals surface area contributed by atoms with Crippen molar-refractivity contribution in [1.29, 1.82) is 0 Å². The van der Waals surface area contributed by atoms with E-state index < -0.39 is 0 Å². The Labute approximate surface area is 78.5 Å². The van der Waals surface area contributed by atoms with E-state index in [4.69, 9.17) is 4.74 Å². The highest BCUT2D eigenvalue weighted by molar-refractivity contribution is 5.12. The van der Waals surface area contributed by atoms with Crippen molar-refractivity contribution in [3.63, 3.8) is 0 Å². The zero-order valence-electron chi connectivity index (χ0n) is 8.21. The van der Waals surface area contributed by atoms with Crippen LogP contribution < -0.4 is 0 Å². The summed E-state index contributed by atoms with van der Waals surface area (Å²) in [6.45, 7) is 5.15. The van der Waals surface area contributed by atoms with Gasteiger partial charge in [0.1, 0.15) is 11.4 Å². The summed E-state index contributed by atoms with van der Waals surface area (Å²) in [4.78, 5) is 7.38. The molecule has 1 fully saturated rings. The summed E-state index contributed by atoms with van der Waals surface area (Å²) in [5, 5.41) is 0. The van der Waals surface area contributed by atoms with Crippen molar-refractivity contribution in [3.05, 3.63) is 18.2 Å². The second kappa shape index (κ2) is 3.14. The third-order valence-corrected chi connectivity index (χ3v) is 2.33. The Morgan fingerprint density at radius 1 is 1.62 bits per heavy atom. The van der Waals surface area contributed by atoms with Gasteiger partial charge in [-0.3, -0.25) is 0 Å². The molecule has 3 nitrogen and oxygen atoms in total. The molecule has 0 unspecified atom stereocenters. The van der Waals surface area contributed by atoms with Crippen LogP contribution in [0.15, 0.2) is 12.4 Å². The van der Waals surface area contributed by atoms with Gasteiger partial charge in [0.05, 0.1) is 6.61 Å². The zero-order valence-corrected chi connectivity index (χ0v) is 8.21. The minimum atomic E-state index is -0.0617. The molecule has 0 amide bonds. The number of rotatable bonds is 4. The van der Waals surface area contributed by atoms with Crippen LogP contribution in [0.4, 0.5) is 0 Å². The Morgan fingerprint density at radius 3 is 2.85 bits per heavy atom. The van der Waals surface area contributed by atoms with Gasteiger partial charge in [0.25, 0.3) is 0 Å². The van der Waals surface area contributed by atoms with Gasteiger partial charge in [0.15, 0.2) is 0 Å². The number of hydrogen-bond donors (Lipinski definition) is 1. The van der Waals surface area contributed by atoms with E-state index in [1.807, 2.05) is 6.20 Å². The van der Waals surface area contributed by atoms with Gasteiger partial charge in [0.2, 0.25) is 0 Å². The molecule has 1 aromatic heterocycles. The number of nitrogens with zero attached hydrogens (tertiary/aromatic N) is 1.